The lowest BCUT2D eigenvalue weighted by Crippen LogP contribution is -2.42. The molecule has 1 aromatic rings. The molecule has 1 aliphatic heterocycles. The first kappa shape index (κ1) is 14.2. The molecule has 1 saturated heterocycles. The van der Waals surface area contributed by atoms with Crippen LogP contribution in [0.25, 0.3) is 0 Å². The van der Waals surface area contributed by atoms with Crippen LogP contribution in [-0.4, -0.2) is 31.1 Å². The zero-order valence-electron chi connectivity index (χ0n) is 7.94. The molecule has 0 saturated carbocycles. The summed E-state index contributed by atoms with van der Waals surface area (Å²) in [5.41, 5.74) is 0. The predicted molar refractivity (Wildman–Crippen MR) is 67.0 cm³/mol. The molecule has 82 valence electrons. The molecule has 0 aromatic carbocycles. The molecule has 0 radical (unpaired) electrons. The Balaban J connectivity index is 0.000000845. The fourth-order valence-electron chi connectivity index (χ4n) is 1.49. The lowest BCUT2D eigenvalue weighted by molar-refractivity contribution is 0.235. The van der Waals surface area contributed by atoms with Crippen molar-refractivity contribution >= 4 is 36.2 Å². The van der Waals surface area contributed by atoms with Gasteiger partial charge in [-0.3, -0.25) is 4.90 Å². The average molecular weight is 255 g/mol. The third-order valence-electron chi connectivity index (χ3n) is 2.17. The molecular formula is C9H16Cl2N2S. The summed E-state index contributed by atoms with van der Waals surface area (Å²) in [6.07, 6.45) is 0. The fraction of sp³-hybridized carbons (Fsp3) is 0.556. The van der Waals surface area contributed by atoms with Crippen molar-refractivity contribution in [3.05, 3.63) is 22.4 Å². The SMILES string of the molecule is Cl.Cl.c1csc(CN2CCNCC2)c1. The highest BCUT2D eigenvalue weighted by atomic mass is 35.5. The molecule has 2 rings (SSSR count). The first-order valence-corrected chi connectivity index (χ1v) is 5.28. The van der Waals surface area contributed by atoms with Gasteiger partial charge in [0.2, 0.25) is 0 Å². The summed E-state index contributed by atoms with van der Waals surface area (Å²) in [6, 6.07) is 4.34. The minimum atomic E-state index is 0. The van der Waals surface area contributed by atoms with Gasteiger partial charge in [-0.2, -0.15) is 0 Å². The van der Waals surface area contributed by atoms with Crippen LogP contribution >= 0.6 is 36.2 Å². The van der Waals surface area contributed by atoms with Crippen LogP contribution < -0.4 is 5.32 Å². The summed E-state index contributed by atoms with van der Waals surface area (Å²) < 4.78 is 0. The van der Waals surface area contributed by atoms with E-state index in [0.717, 1.165) is 19.6 Å². The summed E-state index contributed by atoms with van der Waals surface area (Å²) in [5, 5.41) is 5.51. The second-order valence-corrected chi connectivity index (χ2v) is 4.14. The smallest absolute Gasteiger partial charge is 0.0328 e. The van der Waals surface area contributed by atoms with E-state index in [0.29, 0.717) is 0 Å². The van der Waals surface area contributed by atoms with E-state index in [1.54, 1.807) is 0 Å². The quantitative estimate of drug-likeness (QED) is 0.869. The Morgan fingerprint density at radius 3 is 2.57 bits per heavy atom. The van der Waals surface area contributed by atoms with Gasteiger partial charge in [0, 0.05) is 37.6 Å². The lowest BCUT2D eigenvalue weighted by Gasteiger charge is -2.26. The Labute approximate surface area is 102 Å². The van der Waals surface area contributed by atoms with E-state index in [1.807, 2.05) is 11.3 Å². The Bertz CT molecular complexity index is 223. The van der Waals surface area contributed by atoms with Crippen molar-refractivity contribution in [1.29, 1.82) is 0 Å². The molecule has 0 aliphatic carbocycles. The highest BCUT2D eigenvalue weighted by Gasteiger charge is 2.09. The Morgan fingerprint density at radius 2 is 2.00 bits per heavy atom. The molecule has 1 fully saturated rings. The molecule has 1 aliphatic rings. The number of halogens is 2. The molecule has 0 amide bonds. The van der Waals surface area contributed by atoms with E-state index in [2.05, 4.69) is 27.7 Å². The van der Waals surface area contributed by atoms with E-state index >= 15 is 0 Å². The van der Waals surface area contributed by atoms with E-state index in [9.17, 15) is 0 Å². The summed E-state index contributed by atoms with van der Waals surface area (Å²) in [5.74, 6) is 0. The summed E-state index contributed by atoms with van der Waals surface area (Å²) in [4.78, 5) is 3.99. The average Bonchev–Trinajstić information content (AvgIpc) is 2.59. The van der Waals surface area contributed by atoms with E-state index in [1.165, 1.54) is 18.0 Å². The van der Waals surface area contributed by atoms with Crippen LogP contribution in [0.4, 0.5) is 0 Å². The van der Waals surface area contributed by atoms with Gasteiger partial charge in [-0.25, -0.2) is 0 Å². The number of rotatable bonds is 2. The molecule has 0 atom stereocenters. The summed E-state index contributed by atoms with van der Waals surface area (Å²) in [6.45, 7) is 5.81. The maximum Gasteiger partial charge on any atom is 0.0328 e. The van der Waals surface area contributed by atoms with Crippen LogP contribution in [-0.2, 0) is 6.54 Å². The molecule has 14 heavy (non-hydrogen) atoms. The van der Waals surface area contributed by atoms with Crippen molar-refractivity contribution in [2.75, 3.05) is 26.2 Å². The highest BCUT2D eigenvalue weighted by molar-refractivity contribution is 7.09. The fourth-order valence-corrected chi connectivity index (χ4v) is 2.24. The van der Waals surface area contributed by atoms with Crippen molar-refractivity contribution < 1.29 is 0 Å². The van der Waals surface area contributed by atoms with Crippen molar-refractivity contribution in [2.45, 2.75) is 6.54 Å². The van der Waals surface area contributed by atoms with E-state index < -0.39 is 0 Å². The standard InChI is InChI=1S/C9H14N2S.2ClH/c1-2-9(12-7-1)8-11-5-3-10-4-6-11;;/h1-2,7,10H,3-6,8H2;2*1H. The number of hydrogen-bond acceptors (Lipinski definition) is 3. The van der Waals surface area contributed by atoms with Crippen molar-refractivity contribution in [2.24, 2.45) is 0 Å². The lowest BCUT2D eigenvalue weighted by atomic mass is 10.3. The molecule has 2 nitrogen and oxygen atoms in total. The van der Waals surface area contributed by atoms with Gasteiger partial charge in [-0.15, -0.1) is 36.2 Å². The number of hydrogen-bond donors (Lipinski definition) is 1. The normalized spacial score (nSPS) is 16.9. The molecule has 0 unspecified atom stereocenters. The maximum atomic E-state index is 3.36. The van der Waals surface area contributed by atoms with Crippen LogP contribution in [0.2, 0.25) is 0 Å². The number of nitrogens with one attached hydrogen (secondary N) is 1. The molecule has 1 N–H and O–H groups in total. The Kier molecular flexibility index (Phi) is 7.59. The minimum absolute atomic E-state index is 0. The molecule has 5 heteroatoms. The van der Waals surface area contributed by atoms with Gasteiger partial charge in [0.05, 0.1) is 0 Å². The van der Waals surface area contributed by atoms with Crippen LogP contribution in [0.15, 0.2) is 17.5 Å². The predicted octanol–water partition coefficient (Wildman–Crippen LogP) is 2.00. The molecule has 2 heterocycles. The molecular weight excluding hydrogens is 239 g/mol. The summed E-state index contributed by atoms with van der Waals surface area (Å²) in [7, 11) is 0. The van der Waals surface area contributed by atoms with Gasteiger partial charge in [-0.05, 0) is 11.4 Å². The third kappa shape index (κ3) is 4.15. The Morgan fingerprint density at radius 1 is 1.29 bits per heavy atom. The van der Waals surface area contributed by atoms with Crippen molar-refractivity contribution in [3.8, 4) is 0 Å². The van der Waals surface area contributed by atoms with Gasteiger partial charge in [0.1, 0.15) is 0 Å². The largest absolute Gasteiger partial charge is 0.314 e. The third-order valence-corrected chi connectivity index (χ3v) is 3.03. The van der Waals surface area contributed by atoms with Crippen LogP contribution in [0, 0.1) is 0 Å². The maximum absolute atomic E-state index is 3.36. The van der Waals surface area contributed by atoms with Crippen LogP contribution in [0.5, 0.6) is 0 Å². The first-order chi connectivity index (χ1) is 5.95. The molecule has 0 bridgehead atoms. The van der Waals surface area contributed by atoms with Gasteiger partial charge in [0.25, 0.3) is 0 Å². The minimum Gasteiger partial charge on any atom is -0.314 e. The second kappa shape index (κ2) is 7.49. The number of piperazine rings is 1. The van der Waals surface area contributed by atoms with Crippen LogP contribution in [0.3, 0.4) is 0 Å². The van der Waals surface area contributed by atoms with Gasteiger partial charge >= 0.3 is 0 Å². The van der Waals surface area contributed by atoms with E-state index in [-0.39, 0.29) is 24.8 Å². The Hall–Kier alpha value is 0.200. The highest BCUT2D eigenvalue weighted by Crippen LogP contribution is 2.11. The van der Waals surface area contributed by atoms with E-state index in [4.69, 9.17) is 0 Å². The molecule has 0 spiro atoms. The zero-order chi connectivity index (χ0) is 8.23. The number of thiophene rings is 1. The number of nitrogens with zero attached hydrogens (tertiary/aromatic N) is 1. The first-order valence-electron chi connectivity index (χ1n) is 4.40. The zero-order valence-corrected chi connectivity index (χ0v) is 10.4. The van der Waals surface area contributed by atoms with Crippen molar-refractivity contribution in [1.82, 2.24) is 10.2 Å². The molecule has 1 aromatic heterocycles. The van der Waals surface area contributed by atoms with Gasteiger partial charge in [-0.1, -0.05) is 6.07 Å². The summed E-state index contributed by atoms with van der Waals surface area (Å²) >= 11 is 1.85. The second-order valence-electron chi connectivity index (χ2n) is 3.11. The monoisotopic (exact) mass is 254 g/mol. The topological polar surface area (TPSA) is 15.3 Å². The van der Waals surface area contributed by atoms with Gasteiger partial charge < -0.3 is 5.32 Å². The van der Waals surface area contributed by atoms with Crippen molar-refractivity contribution in [3.63, 3.8) is 0 Å². The van der Waals surface area contributed by atoms with Gasteiger partial charge in [0.15, 0.2) is 0 Å². The van der Waals surface area contributed by atoms with Crippen LogP contribution in [0.1, 0.15) is 4.88 Å².